The van der Waals surface area contributed by atoms with Crippen LogP contribution in [-0.2, 0) is 6.42 Å². The van der Waals surface area contributed by atoms with Crippen molar-refractivity contribution in [1.29, 1.82) is 5.26 Å². The van der Waals surface area contributed by atoms with Gasteiger partial charge in [-0.1, -0.05) is 32.0 Å². The predicted octanol–water partition coefficient (Wildman–Crippen LogP) is 5.00. The highest BCUT2D eigenvalue weighted by atomic mass is 35.5. The van der Waals surface area contributed by atoms with Crippen LogP contribution in [0.1, 0.15) is 53.1 Å². The maximum atomic E-state index is 12.8. The van der Waals surface area contributed by atoms with Crippen molar-refractivity contribution < 1.29 is 18.0 Å². The molecule has 14 heteroatoms. The maximum absolute atomic E-state index is 12.8. The van der Waals surface area contributed by atoms with Crippen LogP contribution in [0.2, 0.25) is 5.02 Å². The number of nitrogens with zero attached hydrogens (tertiary/aromatic N) is 5. The van der Waals surface area contributed by atoms with Crippen LogP contribution in [-0.4, -0.2) is 53.3 Å². The molecule has 6 N–H and O–H groups in total. The van der Waals surface area contributed by atoms with Crippen molar-refractivity contribution in [2.45, 2.75) is 39.8 Å². The molecular weight excluding hydrogens is 571 g/mol. The maximum Gasteiger partial charge on any atom is 0.448 e. The summed E-state index contributed by atoms with van der Waals surface area (Å²) in [5, 5.41) is 20.6. The second-order valence-electron chi connectivity index (χ2n) is 8.39. The van der Waals surface area contributed by atoms with Gasteiger partial charge in [0.05, 0.1) is 45.0 Å². The van der Waals surface area contributed by atoms with Gasteiger partial charge in [-0.05, 0) is 62.7 Å². The zero-order valence-electron chi connectivity index (χ0n) is 24.1. The lowest BCUT2D eigenvalue weighted by Crippen LogP contribution is -2.30. The third-order valence-corrected chi connectivity index (χ3v) is 5.72. The van der Waals surface area contributed by atoms with Crippen molar-refractivity contribution in [3.63, 3.8) is 0 Å². The van der Waals surface area contributed by atoms with Gasteiger partial charge in [0, 0.05) is 19.8 Å². The summed E-state index contributed by atoms with van der Waals surface area (Å²) in [6, 6.07) is 10.8. The quantitative estimate of drug-likeness (QED) is 0.208. The zero-order valence-corrected chi connectivity index (χ0v) is 24.9. The highest BCUT2D eigenvalue weighted by Gasteiger charge is 2.32. The van der Waals surface area contributed by atoms with Crippen LogP contribution in [0.4, 0.5) is 18.9 Å². The Morgan fingerprint density at radius 3 is 2.43 bits per heavy atom. The fraction of sp³-hybridized carbons (Fsp3) is 0.321. The molecule has 0 bridgehead atoms. The van der Waals surface area contributed by atoms with Crippen LogP contribution in [0.15, 0.2) is 48.1 Å². The van der Waals surface area contributed by atoms with Gasteiger partial charge in [-0.2, -0.15) is 23.5 Å². The van der Waals surface area contributed by atoms with Gasteiger partial charge in [0.25, 0.3) is 5.91 Å². The molecule has 0 saturated heterocycles. The summed E-state index contributed by atoms with van der Waals surface area (Å²) in [5.41, 5.74) is 13.1. The van der Waals surface area contributed by atoms with E-state index in [-0.39, 0.29) is 5.91 Å². The highest BCUT2D eigenvalue weighted by molar-refractivity contribution is 6.32. The minimum atomic E-state index is -4.46. The van der Waals surface area contributed by atoms with E-state index in [1.165, 1.54) is 7.05 Å². The lowest BCUT2D eigenvalue weighted by atomic mass is 10.0. The van der Waals surface area contributed by atoms with Gasteiger partial charge < -0.3 is 22.1 Å². The molecule has 3 rings (SSSR count). The summed E-state index contributed by atoms with van der Waals surface area (Å²) in [6.45, 7) is 10.6. The summed E-state index contributed by atoms with van der Waals surface area (Å²) in [7, 11) is 2.49. The minimum absolute atomic E-state index is 0.252. The minimum Gasteiger partial charge on any atom is -0.380 e. The first-order chi connectivity index (χ1) is 19.9. The summed E-state index contributed by atoms with van der Waals surface area (Å²) >= 11 is 6.37. The summed E-state index contributed by atoms with van der Waals surface area (Å²) in [5.74, 6) is -1.06. The van der Waals surface area contributed by atoms with E-state index in [0.717, 1.165) is 31.1 Å². The third-order valence-electron chi connectivity index (χ3n) is 5.42. The first-order valence-electron chi connectivity index (χ1n) is 12.7. The second-order valence-corrected chi connectivity index (χ2v) is 8.80. The first kappa shape index (κ1) is 35.6. The molecule has 0 radical (unpaired) electrons. The molecule has 0 atom stereocenters. The Morgan fingerprint density at radius 2 is 1.93 bits per heavy atom. The normalized spacial score (nSPS) is 10.8. The van der Waals surface area contributed by atoms with Gasteiger partial charge in [0.1, 0.15) is 0 Å². The van der Waals surface area contributed by atoms with Gasteiger partial charge in [-0.15, -0.1) is 0 Å². The van der Waals surface area contributed by atoms with Crippen molar-refractivity contribution in [3.8, 4) is 11.9 Å². The summed E-state index contributed by atoms with van der Waals surface area (Å²) in [4.78, 5) is 19.9. The van der Waals surface area contributed by atoms with Gasteiger partial charge >= 0.3 is 6.18 Å². The Hall–Kier alpha value is -4.41. The molecule has 2 aromatic heterocycles. The van der Waals surface area contributed by atoms with E-state index in [1.54, 1.807) is 35.1 Å². The van der Waals surface area contributed by atoms with Crippen LogP contribution in [0.3, 0.4) is 0 Å². The number of alkyl halides is 3. The fourth-order valence-electron chi connectivity index (χ4n) is 3.38. The molecule has 226 valence electrons. The first-order valence-corrected chi connectivity index (χ1v) is 13.1. The number of rotatable bonds is 8. The van der Waals surface area contributed by atoms with Crippen LogP contribution >= 0.6 is 11.6 Å². The fourth-order valence-corrected chi connectivity index (χ4v) is 3.59. The van der Waals surface area contributed by atoms with E-state index >= 15 is 0 Å². The Morgan fingerprint density at radius 1 is 1.26 bits per heavy atom. The second kappa shape index (κ2) is 16.8. The zero-order chi connectivity index (χ0) is 32.0. The average molecular weight is 606 g/mol. The van der Waals surface area contributed by atoms with Crippen molar-refractivity contribution in [2.75, 3.05) is 26.0 Å². The molecule has 0 unspecified atom stereocenters. The van der Waals surface area contributed by atoms with Crippen LogP contribution < -0.4 is 22.1 Å². The number of nitriles is 1. The molecule has 0 spiro atoms. The Labute approximate surface area is 248 Å². The van der Waals surface area contributed by atoms with E-state index in [0.29, 0.717) is 45.6 Å². The lowest BCUT2D eigenvalue weighted by Gasteiger charge is -2.18. The number of pyridine rings is 1. The van der Waals surface area contributed by atoms with E-state index in [9.17, 15) is 23.2 Å². The number of nitrogens with two attached hydrogens (primary N) is 2. The van der Waals surface area contributed by atoms with Gasteiger partial charge in [-0.3, -0.25) is 9.79 Å². The number of carbonyl (C=O) groups excluding carboxylic acids is 1. The molecule has 0 aliphatic heterocycles. The molecule has 10 nitrogen and oxygen atoms in total. The molecule has 42 heavy (non-hydrogen) atoms. The lowest BCUT2D eigenvalue weighted by molar-refractivity contribution is -0.0599. The molecule has 0 aliphatic rings. The average Bonchev–Trinajstić information content (AvgIpc) is 3.42. The van der Waals surface area contributed by atoms with Crippen LogP contribution in [0.5, 0.6) is 0 Å². The summed E-state index contributed by atoms with van der Waals surface area (Å²) < 4.78 is 35.2. The highest BCUT2D eigenvalue weighted by Crippen LogP contribution is 2.29. The Kier molecular flexibility index (Phi) is 14.2. The van der Waals surface area contributed by atoms with E-state index in [2.05, 4.69) is 49.8 Å². The number of aryl methyl sites for hydroxylation is 2. The molecular formula is C28H35ClF3N9O. The van der Waals surface area contributed by atoms with Gasteiger partial charge in [-0.25, -0.2) is 9.67 Å². The number of benzene rings is 1. The predicted molar refractivity (Wildman–Crippen MR) is 161 cm³/mol. The number of amides is 1. The van der Waals surface area contributed by atoms with Gasteiger partial charge in [0.2, 0.25) is 5.84 Å². The molecule has 3 aromatic rings. The molecule has 1 aromatic carbocycles. The molecule has 1 amide bonds. The van der Waals surface area contributed by atoms with Crippen molar-refractivity contribution in [1.82, 2.24) is 20.1 Å². The number of hydrogen-bond acceptors (Lipinski definition) is 7. The van der Waals surface area contributed by atoms with Crippen LogP contribution in [0, 0.1) is 18.3 Å². The number of nitrogens with one attached hydrogen (secondary N) is 2. The number of hydrogen-bond donors (Lipinski definition) is 4. The monoisotopic (exact) mass is 605 g/mol. The largest absolute Gasteiger partial charge is 0.448 e. The number of anilines is 1. The smallest absolute Gasteiger partial charge is 0.380 e. The van der Waals surface area contributed by atoms with E-state index < -0.39 is 12.0 Å². The van der Waals surface area contributed by atoms with Crippen LogP contribution in [0.25, 0.3) is 11.5 Å². The number of amidine groups is 1. The molecule has 0 aliphatic carbocycles. The molecule has 0 saturated carbocycles. The summed E-state index contributed by atoms with van der Waals surface area (Å²) in [6.07, 6.45) is -1.29. The number of halogens is 4. The Bertz CT molecular complexity index is 1440. The van der Waals surface area contributed by atoms with Crippen molar-refractivity contribution >= 4 is 34.7 Å². The van der Waals surface area contributed by atoms with Crippen molar-refractivity contribution in [3.05, 3.63) is 76.2 Å². The van der Waals surface area contributed by atoms with Crippen molar-refractivity contribution in [2.24, 2.45) is 16.5 Å². The standard InChI is InChI=1S/C24H25ClN6O.C3H5F3N2.CH5N/c1-5-9-28-24(32)19-12-17(14-26)11-15(3)22(19)29-16(4)21-13-18(6-2)30-31(21)23-20(25)8-7-10-27-23;1-8-2(7)3(4,5)6;1-2/h7-8,10-13,29H,4-6,9H2,1-3H3,(H,28,32);1H3,(H2,7,8);2H2,1H3. The molecule has 2 heterocycles. The third kappa shape index (κ3) is 9.60. The number of aromatic nitrogens is 3. The van der Waals surface area contributed by atoms with E-state index in [4.69, 9.17) is 11.6 Å². The van der Waals surface area contributed by atoms with E-state index in [1.807, 2.05) is 26.8 Å². The SMILES string of the molecule is C=C(Nc1c(C)cc(C#N)cc1C(=O)NCCC)c1cc(CC)nn1-c1ncccc1Cl.CN.CN=C(N)C(F)(F)F. The Balaban J connectivity index is 0.000000762. The molecule has 0 fully saturated rings. The number of carbonyl (C=O) groups is 1. The topological polar surface area (TPSA) is 160 Å². The number of aliphatic imine (C=N–C) groups is 1. The van der Waals surface area contributed by atoms with Gasteiger partial charge in [0.15, 0.2) is 5.82 Å².